The van der Waals surface area contributed by atoms with E-state index in [0.717, 1.165) is 22.3 Å². The molecule has 0 aromatic heterocycles. The third-order valence-corrected chi connectivity index (χ3v) is 5.26. The first-order valence-electron chi connectivity index (χ1n) is 10.1. The van der Waals surface area contributed by atoms with Gasteiger partial charge in [0, 0.05) is 18.9 Å². The topological polar surface area (TPSA) is 114 Å². The van der Waals surface area contributed by atoms with Crippen molar-refractivity contribution < 1.29 is 19.4 Å². The van der Waals surface area contributed by atoms with E-state index in [1.165, 1.54) is 0 Å². The van der Waals surface area contributed by atoms with Crippen LogP contribution in [0.1, 0.15) is 43.2 Å². The number of carbonyl (C=O) groups excluding carboxylic acids is 1. The van der Waals surface area contributed by atoms with Gasteiger partial charge >= 0.3 is 12.1 Å². The number of fused-ring (bicyclic) bond motifs is 3. The molecule has 0 radical (unpaired) electrons. The quantitative estimate of drug-likeness (QED) is 0.333. The van der Waals surface area contributed by atoms with Gasteiger partial charge in [-0.2, -0.15) is 0 Å². The number of benzene rings is 2. The van der Waals surface area contributed by atoms with Crippen LogP contribution in [0, 0.1) is 0 Å². The van der Waals surface area contributed by atoms with E-state index in [-0.39, 0.29) is 18.9 Å². The van der Waals surface area contributed by atoms with Gasteiger partial charge in [0.1, 0.15) is 12.6 Å². The summed E-state index contributed by atoms with van der Waals surface area (Å²) in [5, 5.41) is 11.8. The van der Waals surface area contributed by atoms with Crippen LogP contribution >= 0.6 is 0 Å². The monoisotopic (exact) mass is 409 g/mol. The average Bonchev–Trinajstić information content (AvgIpc) is 3.07. The molecular formula is C23H27N3O4. The number of aliphatic imine (C=N–C) groups is 1. The van der Waals surface area contributed by atoms with E-state index in [9.17, 15) is 14.7 Å². The van der Waals surface area contributed by atoms with Crippen LogP contribution in [0.5, 0.6) is 0 Å². The fraction of sp³-hybridized carbons (Fsp3) is 0.348. The molecule has 30 heavy (non-hydrogen) atoms. The highest BCUT2D eigenvalue weighted by Gasteiger charge is 2.29. The first-order valence-corrected chi connectivity index (χ1v) is 10.1. The van der Waals surface area contributed by atoms with E-state index in [4.69, 9.17) is 10.5 Å². The van der Waals surface area contributed by atoms with Crippen molar-refractivity contribution in [1.82, 2.24) is 5.32 Å². The molecule has 0 saturated carbocycles. The van der Waals surface area contributed by atoms with Gasteiger partial charge < -0.3 is 20.9 Å². The molecule has 2 aromatic carbocycles. The molecule has 0 aliphatic heterocycles. The van der Waals surface area contributed by atoms with E-state index >= 15 is 0 Å². The molecule has 1 atom stereocenters. The number of alkyl carbamates (subject to hydrolysis) is 1. The summed E-state index contributed by atoms with van der Waals surface area (Å²) in [7, 11) is 0. The maximum atomic E-state index is 12.3. The standard InChI is InChI=1S/C23H27N3O4/c1-2-21(24)25-13-7-12-20(22(27)28)26-23(29)30-14-19-17-10-5-3-8-15(17)16-9-4-6-11-18(16)19/h3-6,8-11,19-20H,2,7,12-14H2,1H3,(H2,24,25)(H,26,29)(H,27,28)/t20-/m0/s1. The molecule has 3 rings (SSSR count). The van der Waals surface area contributed by atoms with Crippen LogP contribution in [0.3, 0.4) is 0 Å². The van der Waals surface area contributed by atoms with E-state index < -0.39 is 18.1 Å². The molecule has 0 saturated heterocycles. The molecule has 0 bridgehead atoms. The van der Waals surface area contributed by atoms with Crippen LogP contribution in [0.4, 0.5) is 4.79 Å². The predicted molar refractivity (Wildman–Crippen MR) is 116 cm³/mol. The zero-order valence-electron chi connectivity index (χ0n) is 17.0. The van der Waals surface area contributed by atoms with Crippen molar-refractivity contribution in [3.63, 3.8) is 0 Å². The number of rotatable bonds is 9. The highest BCUT2D eigenvalue weighted by molar-refractivity contribution is 5.81. The number of carboxylic acid groups (broad SMARTS) is 1. The fourth-order valence-electron chi connectivity index (χ4n) is 3.67. The molecule has 4 N–H and O–H groups in total. The van der Waals surface area contributed by atoms with E-state index in [1.807, 2.05) is 43.3 Å². The Morgan fingerprint density at radius 3 is 2.30 bits per heavy atom. The van der Waals surface area contributed by atoms with Crippen molar-refractivity contribution in [2.75, 3.05) is 13.2 Å². The van der Waals surface area contributed by atoms with Gasteiger partial charge in [0.2, 0.25) is 0 Å². The molecule has 7 nitrogen and oxygen atoms in total. The van der Waals surface area contributed by atoms with Crippen molar-refractivity contribution in [3.05, 3.63) is 59.7 Å². The summed E-state index contributed by atoms with van der Waals surface area (Å²) in [6, 6.07) is 15.1. The van der Waals surface area contributed by atoms with E-state index in [2.05, 4.69) is 22.4 Å². The Kier molecular flexibility index (Phi) is 7.06. The third kappa shape index (κ3) is 4.97. The maximum Gasteiger partial charge on any atom is 0.407 e. The van der Waals surface area contributed by atoms with Crippen molar-refractivity contribution >= 4 is 17.9 Å². The predicted octanol–water partition coefficient (Wildman–Crippen LogP) is 3.53. The molecule has 0 heterocycles. The molecule has 0 unspecified atom stereocenters. The summed E-state index contributed by atoms with van der Waals surface area (Å²) in [4.78, 5) is 27.9. The summed E-state index contributed by atoms with van der Waals surface area (Å²) in [6.07, 6.45) is 0.669. The Balaban J connectivity index is 1.58. The number of amides is 1. The van der Waals surface area contributed by atoms with Gasteiger partial charge in [0.15, 0.2) is 0 Å². The Morgan fingerprint density at radius 1 is 1.13 bits per heavy atom. The van der Waals surface area contributed by atoms with Crippen molar-refractivity contribution in [1.29, 1.82) is 0 Å². The number of ether oxygens (including phenoxy) is 1. The number of nitrogens with two attached hydrogens (primary N) is 1. The Hall–Kier alpha value is -3.35. The number of hydrogen-bond donors (Lipinski definition) is 3. The first-order chi connectivity index (χ1) is 14.5. The lowest BCUT2D eigenvalue weighted by molar-refractivity contribution is -0.139. The van der Waals surface area contributed by atoms with Gasteiger partial charge in [0.05, 0.1) is 5.84 Å². The number of amidine groups is 1. The van der Waals surface area contributed by atoms with Crippen molar-refractivity contribution in [2.45, 2.75) is 38.1 Å². The third-order valence-electron chi connectivity index (χ3n) is 5.26. The Labute approximate surface area is 176 Å². The zero-order chi connectivity index (χ0) is 21.5. The summed E-state index contributed by atoms with van der Waals surface area (Å²) in [5.41, 5.74) is 10.1. The van der Waals surface area contributed by atoms with Crippen LogP contribution < -0.4 is 11.1 Å². The second-order valence-corrected chi connectivity index (χ2v) is 7.23. The van der Waals surface area contributed by atoms with Crippen LogP contribution in [0.2, 0.25) is 0 Å². The normalized spacial score (nSPS) is 14.0. The number of carbonyl (C=O) groups is 2. The molecule has 7 heteroatoms. The number of aliphatic carboxylic acids is 1. The molecule has 0 fully saturated rings. The van der Waals surface area contributed by atoms with Gasteiger partial charge in [-0.05, 0) is 35.1 Å². The summed E-state index contributed by atoms with van der Waals surface area (Å²) < 4.78 is 5.42. The summed E-state index contributed by atoms with van der Waals surface area (Å²) in [5.74, 6) is -0.639. The van der Waals surface area contributed by atoms with Gasteiger partial charge in [0.25, 0.3) is 0 Å². The molecule has 1 aliphatic rings. The van der Waals surface area contributed by atoms with Crippen LogP contribution in [0.15, 0.2) is 53.5 Å². The highest BCUT2D eigenvalue weighted by Crippen LogP contribution is 2.44. The molecule has 1 aliphatic carbocycles. The van der Waals surface area contributed by atoms with E-state index in [1.54, 1.807) is 0 Å². The van der Waals surface area contributed by atoms with Gasteiger partial charge in [-0.1, -0.05) is 55.5 Å². The Bertz CT molecular complexity index is 896. The molecule has 0 spiro atoms. The minimum Gasteiger partial charge on any atom is -0.480 e. The van der Waals surface area contributed by atoms with Gasteiger partial charge in [-0.3, -0.25) is 4.99 Å². The highest BCUT2D eigenvalue weighted by atomic mass is 16.5. The summed E-state index contributed by atoms with van der Waals surface area (Å²) >= 11 is 0. The summed E-state index contributed by atoms with van der Waals surface area (Å²) in [6.45, 7) is 2.47. The minimum absolute atomic E-state index is 0.0715. The number of nitrogens with one attached hydrogen (secondary N) is 1. The second-order valence-electron chi connectivity index (χ2n) is 7.23. The number of carboxylic acids is 1. The minimum atomic E-state index is -1.10. The van der Waals surface area contributed by atoms with Crippen LogP contribution in [-0.4, -0.2) is 42.2 Å². The molecule has 158 valence electrons. The molecule has 2 aromatic rings. The van der Waals surface area contributed by atoms with Crippen LogP contribution in [0.25, 0.3) is 11.1 Å². The van der Waals surface area contributed by atoms with Crippen molar-refractivity contribution in [2.24, 2.45) is 10.7 Å². The molecule has 1 amide bonds. The van der Waals surface area contributed by atoms with E-state index in [0.29, 0.717) is 25.2 Å². The smallest absolute Gasteiger partial charge is 0.407 e. The average molecular weight is 409 g/mol. The van der Waals surface area contributed by atoms with Gasteiger partial charge in [-0.15, -0.1) is 0 Å². The second kappa shape index (κ2) is 9.91. The number of nitrogens with zero attached hydrogens (tertiary/aromatic N) is 1. The zero-order valence-corrected chi connectivity index (χ0v) is 17.0. The van der Waals surface area contributed by atoms with Crippen molar-refractivity contribution in [3.8, 4) is 11.1 Å². The van der Waals surface area contributed by atoms with Gasteiger partial charge in [-0.25, -0.2) is 9.59 Å². The van der Waals surface area contributed by atoms with Crippen LogP contribution in [-0.2, 0) is 9.53 Å². The Morgan fingerprint density at radius 2 is 1.73 bits per heavy atom. The lowest BCUT2D eigenvalue weighted by Crippen LogP contribution is -2.41. The maximum absolute atomic E-state index is 12.3. The fourth-order valence-corrected chi connectivity index (χ4v) is 3.67. The lowest BCUT2D eigenvalue weighted by Gasteiger charge is -2.17. The largest absolute Gasteiger partial charge is 0.480 e. The SMILES string of the molecule is CCC(N)=NCCC[C@H](NC(=O)OCC1c2ccccc2-c2ccccc21)C(=O)O. The number of hydrogen-bond acceptors (Lipinski definition) is 4. The lowest BCUT2D eigenvalue weighted by atomic mass is 9.98. The molecular weight excluding hydrogens is 382 g/mol. The first kappa shape index (κ1) is 21.4.